The second-order valence-electron chi connectivity index (χ2n) is 4.84. The van der Waals surface area contributed by atoms with Gasteiger partial charge in [0.2, 0.25) is 5.95 Å². The minimum Gasteiger partial charge on any atom is -0.369 e. The third kappa shape index (κ3) is 2.05. The van der Waals surface area contributed by atoms with Crippen LogP contribution in [0.4, 0.5) is 5.95 Å². The molecule has 2 heterocycles. The number of hydrogen-bond acceptors (Lipinski definition) is 3. The highest BCUT2D eigenvalue weighted by atomic mass is 15.2. The van der Waals surface area contributed by atoms with Crippen molar-refractivity contribution < 1.29 is 0 Å². The van der Waals surface area contributed by atoms with Crippen LogP contribution in [0.3, 0.4) is 0 Å². The van der Waals surface area contributed by atoms with Crippen LogP contribution in [-0.2, 0) is 6.54 Å². The lowest BCUT2D eigenvalue weighted by Gasteiger charge is -2.08. The van der Waals surface area contributed by atoms with Crippen molar-refractivity contribution in [2.45, 2.75) is 20.4 Å². The number of benzene rings is 1. The van der Waals surface area contributed by atoms with Gasteiger partial charge in [-0.2, -0.15) is 0 Å². The molecule has 0 fully saturated rings. The van der Waals surface area contributed by atoms with E-state index in [2.05, 4.69) is 29.0 Å². The van der Waals surface area contributed by atoms with E-state index in [1.165, 1.54) is 11.1 Å². The van der Waals surface area contributed by atoms with E-state index < -0.39 is 0 Å². The molecule has 4 nitrogen and oxygen atoms in total. The number of nitrogens with two attached hydrogens (primary N) is 1. The van der Waals surface area contributed by atoms with Crippen molar-refractivity contribution in [3.63, 3.8) is 0 Å². The number of fused-ring (bicyclic) bond motifs is 1. The molecule has 96 valence electrons. The Balaban J connectivity index is 2.10. The Morgan fingerprint density at radius 1 is 1.21 bits per heavy atom. The van der Waals surface area contributed by atoms with E-state index in [9.17, 15) is 0 Å². The van der Waals surface area contributed by atoms with Crippen molar-refractivity contribution in [1.29, 1.82) is 0 Å². The number of hydrogen-bond donors (Lipinski definition) is 1. The van der Waals surface area contributed by atoms with E-state index in [-0.39, 0.29) is 0 Å². The van der Waals surface area contributed by atoms with E-state index in [1.807, 2.05) is 35.9 Å². The smallest absolute Gasteiger partial charge is 0.202 e. The van der Waals surface area contributed by atoms with Crippen LogP contribution in [0.5, 0.6) is 0 Å². The van der Waals surface area contributed by atoms with Gasteiger partial charge in [0.1, 0.15) is 5.52 Å². The summed E-state index contributed by atoms with van der Waals surface area (Å²) in [5.41, 5.74) is 11.3. The third-order valence-corrected chi connectivity index (χ3v) is 3.34. The Bertz CT molecular complexity index is 743. The number of aromatic nitrogens is 3. The highest BCUT2D eigenvalue weighted by molar-refractivity contribution is 5.74. The molecule has 0 spiro atoms. The molecule has 1 aromatic carbocycles. The van der Waals surface area contributed by atoms with Crippen molar-refractivity contribution >= 4 is 17.1 Å². The predicted molar refractivity (Wildman–Crippen MR) is 77.0 cm³/mol. The number of pyridine rings is 1. The molecule has 0 aliphatic rings. The number of nitrogens with zero attached hydrogens (tertiary/aromatic N) is 3. The van der Waals surface area contributed by atoms with Gasteiger partial charge in [0.25, 0.3) is 0 Å². The molecule has 0 aliphatic carbocycles. The summed E-state index contributed by atoms with van der Waals surface area (Å²) >= 11 is 0. The maximum atomic E-state index is 6.01. The number of rotatable bonds is 2. The van der Waals surface area contributed by atoms with E-state index >= 15 is 0 Å². The van der Waals surface area contributed by atoms with Crippen LogP contribution in [0.1, 0.15) is 16.7 Å². The lowest BCUT2D eigenvalue weighted by Crippen LogP contribution is -2.06. The lowest BCUT2D eigenvalue weighted by molar-refractivity contribution is 0.822. The van der Waals surface area contributed by atoms with Crippen LogP contribution < -0.4 is 5.73 Å². The van der Waals surface area contributed by atoms with Gasteiger partial charge in [0, 0.05) is 6.20 Å². The molecule has 0 unspecified atom stereocenters. The summed E-state index contributed by atoms with van der Waals surface area (Å²) in [6.45, 7) is 4.80. The maximum absolute atomic E-state index is 6.01. The molecule has 2 aromatic heterocycles. The summed E-state index contributed by atoms with van der Waals surface area (Å²) in [5, 5.41) is 0. The summed E-state index contributed by atoms with van der Waals surface area (Å²) in [6.07, 6.45) is 1.85. The second-order valence-corrected chi connectivity index (χ2v) is 4.84. The van der Waals surface area contributed by atoms with Gasteiger partial charge >= 0.3 is 0 Å². The summed E-state index contributed by atoms with van der Waals surface area (Å²) in [4.78, 5) is 8.83. The zero-order valence-corrected chi connectivity index (χ0v) is 11.1. The summed E-state index contributed by atoms with van der Waals surface area (Å²) in [6, 6.07) is 10.3. The molecule has 3 aromatic rings. The fourth-order valence-electron chi connectivity index (χ4n) is 2.24. The fourth-order valence-corrected chi connectivity index (χ4v) is 2.24. The Kier molecular flexibility index (Phi) is 2.71. The van der Waals surface area contributed by atoms with Crippen molar-refractivity contribution in [3.05, 3.63) is 53.2 Å². The number of anilines is 1. The first-order valence-corrected chi connectivity index (χ1v) is 6.28. The van der Waals surface area contributed by atoms with Gasteiger partial charge in [-0.1, -0.05) is 24.3 Å². The first kappa shape index (κ1) is 11.7. The van der Waals surface area contributed by atoms with Gasteiger partial charge in [-0.15, -0.1) is 0 Å². The standard InChI is InChI=1S/C15H16N4/c1-10-7-13-14(17-8-10)19(15(16)18-13)9-12-6-4-3-5-11(12)2/h3-8H,9H2,1-2H3,(H2,16,18). The molecule has 0 atom stereocenters. The third-order valence-electron chi connectivity index (χ3n) is 3.34. The molecular weight excluding hydrogens is 236 g/mol. The number of imidazole rings is 1. The SMILES string of the molecule is Cc1cnc2c(c1)nc(N)n2Cc1ccccc1C. The average molecular weight is 252 g/mol. The molecular formula is C15H16N4. The highest BCUT2D eigenvalue weighted by Crippen LogP contribution is 2.19. The van der Waals surface area contributed by atoms with Crippen molar-refractivity contribution in [1.82, 2.24) is 14.5 Å². The van der Waals surface area contributed by atoms with Crippen LogP contribution >= 0.6 is 0 Å². The largest absolute Gasteiger partial charge is 0.369 e. The first-order valence-electron chi connectivity index (χ1n) is 6.28. The van der Waals surface area contributed by atoms with E-state index in [4.69, 9.17) is 5.73 Å². The Labute approximate surface area is 111 Å². The van der Waals surface area contributed by atoms with E-state index in [1.54, 1.807) is 0 Å². The van der Waals surface area contributed by atoms with Crippen molar-refractivity contribution in [2.24, 2.45) is 0 Å². The summed E-state index contributed by atoms with van der Waals surface area (Å²) in [5.74, 6) is 0.511. The van der Waals surface area contributed by atoms with Crippen molar-refractivity contribution in [3.8, 4) is 0 Å². The molecule has 0 radical (unpaired) electrons. The minimum atomic E-state index is 0.511. The zero-order chi connectivity index (χ0) is 13.4. The molecule has 0 amide bonds. The Hall–Kier alpha value is -2.36. The van der Waals surface area contributed by atoms with Gasteiger partial charge in [0.15, 0.2) is 5.65 Å². The minimum absolute atomic E-state index is 0.511. The van der Waals surface area contributed by atoms with Crippen LogP contribution in [0, 0.1) is 13.8 Å². The molecule has 0 aliphatic heterocycles. The lowest BCUT2D eigenvalue weighted by atomic mass is 10.1. The van der Waals surface area contributed by atoms with Gasteiger partial charge in [0.05, 0.1) is 6.54 Å². The monoisotopic (exact) mass is 252 g/mol. The zero-order valence-electron chi connectivity index (χ0n) is 11.1. The molecule has 4 heteroatoms. The van der Waals surface area contributed by atoms with Gasteiger partial charge in [-0.05, 0) is 36.6 Å². The van der Waals surface area contributed by atoms with Crippen LogP contribution in [-0.4, -0.2) is 14.5 Å². The van der Waals surface area contributed by atoms with Crippen LogP contribution in [0.2, 0.25) is 0 Å². The van der Waals surface area contributed by atoms with Crippen molar-refractivity contribution in [2.75, 3.05) is 5.73 Å². The van der Waals surface area contributed by atoms with Gasteiger partial charge in [-0.3, -0.25) is 4.57 Å². The Morgan fingerprint density at radius 3 is 2.79 bits per heavy atom. The molecule has 2 N–H and O–H groups in total. The molecule has 0 saturated carbocycles. The van der Waals surface area contributed by atoms with E-state index in [0.717, 1.165) is 16.7 Å². The van der Waals surface area contributed by atoms with Gasteiger partial charge in [-0.25, -0.2) is 9.97 Å². The second kappa shape index (κ2) is 4.39. The average Bonchev–Trinajstić information content (AvgIpc) is 2.68. The maximum Gasteiger partial charge on any atom is 0.202 e. The summed E-state index contributed by atoms with van der Waals surface area (Å²) < 4.78 is 1.96. The molecule has 19 heavy (non-hydrogen) atoms. The number of nitrogen functional groups attached to an aromatic ring is 1. The predicted octanol–water partition coefficient (Wildman–Crippen LogP) is 2.68. The van der Waals surface area contributed by atoms with E-state index in [0.29, 0.717) is 12.5 Å². The fraction of sp³-hybridized carbons (Fsp3) is 0.200. The highest BCUT2D eigenvalue weighted by Gasteiger charge is 2.10. The summed E-state index contributed by atoms with van der Waals surface area (Å²) in [7, 11) is 0. The molecule has 0 saturated heterocycles. The topological polar surface area (TPSA) is 56.7 Å². The van der Waals surface area contributed by atoms with Crippen LogP contribution in [0.25, 0.3) is 11.2 Å². The Morgan fingerprint density at radius 2 is 2.00 bits per heavy atom. The van der Waals surface area contributed by atoms with Gasteiger partial charge < -0.3 is 5.73 Å². The quantitative estimate of drug-likeness (QED) is 0.763. The van der Waals surface area contributed by atoms with Crippen LogP contribution in [0.15, 0.2) is 36.5 Å². The molecule has 3 rings (SSSR count). The first-order chi connectivity index (χ1) is 9.15. The number of aryl methyl sites for hydroxylation is 2. The molecule has 0 bridgehead atoms. The normalized spacial score (nSPS) is 11.1.